The third-order valence-corrected chi connectivity index (χ3v) is 3.26. The van der Waals surface area contributed by atoms with E-state index in [1.165, 1.54) is 12.1 Å². The lowest BCUT2D eigenvalue weighted by molar-refractivity contribution is 0.297. The highest BCUT2D eigenvalue weighted by Crippen LogP contribution is 2.30. The summed E-state index contributed by atoms with van der Waals surface area (Å²) in [7, 11) is 0. The highest BCUT2D eigenvalue weighted by molar-refractivity contribution is 5.49. The first-order valence-corrected chi connectivity index (χ1v) is 6.83. The normalized spacial score (nSPS) is 13.6. The topological polar surface area (TPSA) is 50.7 Å². The fourth-order valence-corrected chi connectivity index (χ4v) is 2.14. The minimum atomic E-state index is -0.640. The van der Waals surface area contributed by atoms with Gasteiger partial charge in [0.15, 0.2) is 23.1 Å². The van der Waals surface area contributed by atoms with E-state index >= 15 is 0 Å². The lowest BCUT2D eigenvalue weighted by Gasteiger charge is -2.11. The van der Waals surface area contributed by atoms with E-state index in [0.29, 0.717) is 25.4 Å². The molecule has 2 N–H and O–H groups in total. The molecule has 0 aromatic heterocycles. The van der Waals surface area contributed by atoms with Crippen molar-refractivity contribution in [2.75, 3.05) is 18.5 Å². The minimum absolute atomic E-state index is 0.351. The molecule has 0 saturated heterocycles. The molecule has 0 spiro atoms. The zero-order valence-corrected chi connectivity index (χ0v) is 11.4. The Labute approximate surface area is 122 Å². The van der Waals surface area contributed by atoms with Gasteiger partial charge in [-0.25, -0.2) is 4.39 Å². The second-order valence-corrected chi connectivity index (χ2v) is 4.85. The van der Waals surface area contributed by atoms with Crippen molar-refractivity contribution in [3.63, 3.8) is 0 Å². The Hall–Kier alpha value is -2.43. The van der Waals surface area contributed by atoms with Crippen molar-refractivity contribution in [1.29, 1.82) is 0 Å². The van der Waals surface area contributed by atoms with Crippen molar-refractivity contribution in [2.45, 2.75) is 13.0 Å². The first-order chi connectivity index (χ1) is 10.2. The Bertz CT molecular complexity index is 645. The lowest BCUT2D eigenvalue weighted by Crippen LogP contribution is -2.01. The molecule has 1 aliphatic rings. The average molecular weight is 289 g/mol. The van der Waals surface area contributed by atoms with Crippen LogP contribution in [0.3, 0.4) is 0 Å². The quantitative estimate of drug-likeness (QED) is 0.851. The zero-order valence-electron chi connectivity index (χ0n) is 11.4. The Morgan fingerprint density at radius 3 is 2.67 bits per heavy atom. The smallest absolute Gasteiger partial charge is 0.166 e. The van der Waals surface area contributed by atoms with E-state index in [-0.39, 0.29) is 5.75 Å². The number of hydrogen-bond donors (Lipinski definition) is 2. The molecular formula is C16H16FNO3. The molecule has 0 saturated carbocycles. The van der Waals surface area contributed by atoms with Gasteiger partial charge >= 0.3 is 0 Å². The molecule has 2 aromatic carbocycles. The van der Waals surface area contributed by atoms with Crippen LogP contribution in [0.1, 0.15) is 12.0 Å². The first-order valence-electron chi connectivity index (χ1n) is 6.83. The number of hydrogen-bond acceptors (Lipinski definition) is 4. The Kier molecular flexibility index (Phi) is 3.81. The van der Waals surface area contributed by atoms with Crippen molar-refractivity contribution in [2.24, 2.45) is 0 Å². The second kappa shape index (κ2) is 5.91. The second-order valence-electron chi connectivity index (χ2n) is 4.85. The summed E-state index contributed by atoms with van der Waals surface area (Å²) in [5.74, 6) is 0.505. The summed E-state index contributed by atoms with van der Waals surface area (Å²) in [5.41, 5.74) is 1.62. The third kappa shape index (κ3) is 3.18. The van der Waals surface area contributed by atoms with Crippen LogP contribution < -0.4 is 14.8 Å². The van der Waals surface area contributed by atoms with Crippen molar-refractivity contribution < 1.29 is 19.0 Å². The van der Waals surface area contributed by atoms with Crippen LogP contribution in [-0.4, -0.2) is 18.3 Å². The maximum absolute atomic E-state index is 13.2. The first kappa shape index (κ1) is 13.5. The summed E-state index contributed by atoms with van der Waals surface area (Å²) >= 11 is 0. The van der Waals surface area contributed by atoms with Gasteiger partial charge in [-0.15, -0.1) is 0 Å². The van der Waals surface area contributed by atoms with E-state index in [1.54, 1.807) is 6.07 Å². The molecule has 0 aliphatic carbocycles. The molecule has 110 valence electrons. The number of fused-ring (bicyclic) bond motifs is 1. The Balaban J connectivity index is 1.70. The number of ether oxygens (including phenoxy) is 2. The maximum Gasteiger partial charge on any atom is 0.166 e. The molecule has 4 nitrogen and oxygen atoms in total. The minimum Gasteiger partial charge on any atom is -0.505 e. The van der Waals surface area contributed by atoms with Gasteiger partial charge < -0.3 is 19.9 Å². The van der Waals surface area contributed by atoms with Crippen LogP contribution in [0.4, 0.5) is 10.1 Å². The number of aromatic hydroxyl groups is 1. The van der Waals surface area contributed by atoms with E-state index in [2.05, 4.69) is 5.32 Å². The van der Waals surface area contributed by atoms with E-state index in [0.717, 1.165) is 23.5 Å². The standard InChI is InChI=1S/C16H16FNO3/c17-13-9-12(3-4-14(13)19)18-10-11-2-5-15-16(8-11)21-7-1-6-20-15/h2-5,8-9,18-19H,1,6-7,10H2. The van der Waals surface area contributed by atoms with Gasteiger partial charge in [0, 0.05) is 24.7 Å². The molecule has 1 heterocycles. The number of benzene rings is 2. The SMILES string of the molecule is Oc1ccc(NCc2ccc3c(c2)OCCCO3)cc1F. The molecule has 0 fully saturated rings. The molecule has 0 atom stereocenters. The van der Waals surface area contributed by atoms with Crippen molar-refractivity contribution in [3.8, 4) is 17.2 Å². The molecule has 21 heavy (non-hydrogen) atoms. The van der Waals surface area contributed by atoms with Crippen LogP contribution >= 0.6 is 0 Å². The number of rotatable bonds is 3. The van der Waals surface area contributed by atoms with Gasteiger partial charge in [-0.3, -0.25) is 0 Å². The maximum atomic E-state index is 13.2. The number of nitrogens with one attached hydrogen (secondary N) is 1. The number of phenols is 1. The largest absolute Gasteiger partial charge is 0.505 e. The summed E-state index contributed by atoms with van der Waals surface area (Å²) in [5, 5.41) is 12.3. The van der Waals surface area contributed by atoms with Crippen molar-refractivity contribution in [3.05, 3.63) is 47.8 Å². The number of anilines is 1. The third-order valence-electron chi connectivity index (χ3n) is 3.26. The molecule has 0 amide bonds. The predicted molar refractivity (Wildman–Crippen MR) is 77.4 cm³/mol. The van der Waals surface area contributed by atoms with E-state index in [1.807, 2.05) is 18.2 Å². The Morgan fingerprint density at radius 1 is 1.05 bits per heavy atom. The van der Waals surface area contributed by atoms with Gasteiger partial charge in [0.05, 0.1) is 13.2 Å². The molecular weight excluding hydrogens is 273 g/mol. The number of halogens is 1. The van der Waals surface area contributed by atoms with Crippen LogP contribution in [0, 0.1) is 5.82 Å². The zero-order chi connectivity index (χ0) is 14.7. The summed E-state index contributed by atoms with van der Waals surface area (Å²) in [6.07, 6.45) is 0.870. The van der Waals surface area contributed by atoms with Crippen LogP contribution in [0.5, 0.6) is 17.2 Å². The fourth-order valence-electron chi connectivity index (χ4n) is 2.14. The van der Waals surface area contributed by atoms with Crippen molar-refractivity contribution >= 4 is 5.69 Å². The fraction of sp³-hybridized carbons (Fsp3) is 0.250. The summed E-state index contributed by atoms with van der Waals surface area (Å²) in [6, 6.07) is 9.96. The van der Waals surface area contributed by atoms with Gasteiger partial charge in [-0.2, -0.15) is 0 Å². The van der Waals surface area contributed by atoms with Crippen LogP contribution in [0.15, 0.2) is 36.4 Å². The molecule has 5 heteroatoms. The number of phenolic OH excluding ortho intramolecular Hbond substituents is 1. The monoisotopic (exact) mass is 289 g/mol. The van der Waals surface area contributed by atoms with Gasteiger partial charge in [-0.05, 0) is 29.8 Å². The summed E-state index contributed by atoms with van der Waals surface area (Å²) in [4.78, 5) is 0. The molecule has 0 unspecified atom stereocenters. The van der Waals surface area contributed by atoms with Crippen LogP contribution in [0.25, 0.3) is 0 Å². The van der Waals surface area contributed by atoms with Gasteiger partial charge in [0.2, 0.25) is 0 Å². The molecule has 1 aliphatic heterocycles. The molecule has 3 rings (SSSR count). The van der Waals surface area contributed by atoms with E-state index < -0.39 is 5.82 Å². The summed E-state index contributed by atoms with van der Waals surface area (Å²) < 4.78 is 24.5. The van der Waals surface area contributed by atoms with Crippen LogP contribution in [-0.2, 0) is 6.54 Å². The van der Waals surface area contributed by atoms with Gasteiger partial charge in [-0.1, -0.05) is 6.07 Å². The van der Waals surface area contributed by atoms with Crippen LogP contribution in [0.2, 0.25) is 0 Å². The lowest BCUT2D eigenvalue weighted by atomic mass is 10.2. The summed E-state index contributed by atoms with van der Waals surface area (Å²) in [6.45, 7) is 1.84. The Morgan fingerprint density at radius 2 is 1.86 bits per heavy atom. The average Bonchev–Trinajstić information content (AvgIpc) is 2.73. The predicted octanol–water partition coefficient (Wildman–Crippen LogP) is 3.30. The highest BCUT2D eigenvalue weighted by Gasteiger charge is 2.10. The van der Waals surface area contributed by atoms with Gasteiger partial charge in [0.25, 0.3) is 0 Å². The molecule has 2 aromatic rings. The highest BCUT2D eigenvalue weighted by atomic mass is 19.1. The van der Waals surface area contributed by atoms with E-state index in [9.17, 15) is 4.39 Å². The van der Waals surface area contributed by atoms with Gasteiger partial charge in [0.1, 0.15) is 0 Å². The van der Waals surface area contributed by atoms with Crippen molar-refractivity contribution in [1.82, 2.24) is 0 Å². The molecule has 0 bridgehead atoms. The van der Waals surface area contributed by atoms with E-state index in [4.69, 9.17) is 14.6 Å². The molecule has 0 radical (unpaired) electrons.